The summed E-state index contributed by atoms with van der Waals surface area (Å²) in [5.41, 5.74) is 4.04. The van der Waals surface area contributed by atoms with Crippen molar-refractivity contribution in [3.05, 3.63) is 111 Å². The molecule has 0 radical (unpaired) electrons. The molecule has 184 valence electrons. The van der Waals surface area contributed by atoms with Crippen LogP contribution in [0.25, 0.3) is 11.9 Å². The second-order valence-electron chi connectivity index (χ2n) is 8.09. The van der Waals surface area contributed by atoms with Gasteiger partial charge in [-0.2, -0.15) is 9.50 Å². The predicted octanol–water partition coefficient (Wildman–Crippen LogP) is 7.18. The minimum atomic E-state index is -0.103. The lowest BCUT2D eigenvalue weighted by Gasteiger charge is -2.09. The number of rotatable bonds is 8. The summed E-state index contributed by atoms with van der Waals surface area (Å²) in [5, 5.41) is 9.33. The van der Waals surface area contributed by atoms with Crippen LogP contribution in [0.1, 0.15) is 27.3 Å². The first-order valence-corrected chi connectivity index (χ1v) is 13.4. The average Bonchev–Trinajstić information content (AvgIpc) is 3.30. The van der Waals surface area contributed by atoms with E-state index in [0.29, 0.717) is 27.2 Å². The summed E-state index contributed by atoms with van der Waals surface area (Å²) >= 11 is 10.8. The number of hydrogen-bond acceptors (Lipinski definition) is 7. The number of aryl methyl sites for hydroxylation is 1. The minimum absolute atomic E-state index is 0.103. The van der Waals surface area contributed by atoms with Gasteiger partial charge < -0.3 is 5.32 Å². The van der Waals surface area contributed by atoms with E-state index in [1.165, 1.54) is 17.8 Å². The molecule has 0 fully saturated rings. The summed E-state index contributed by atoms with van der Waals surface area (Å²) in [6, 6.07) is 22.4. The van der Waals surface area contributed by atoms with Crippen LogP contribution in [0.15, 0.2) is 88.6 Å². The molecule has 1 N–H and O–H groups in total. The third-order valence-corrected chi connectivity index (χ3v) is 6.89. The highest BCUT2D eigenvalue weighted by atomic mass is 79.9. The van der Waals surface area contributed by atoms with Gasteiger partial charge in [0.05, 0.1) is 5.69 Å². The van der Waals surface area contributed by atoms with E-state index in [-0.39, 0.29) is 5.78 Å². The monoisotopic (exact) mass is 590 g/mol. The van der Waals surface area contributed by atoms with Crippen molar-refractivity contribution in [3.8, 4) is 0 Å². The van der Waals surface area contributed by atoms with Gasteiger partial charge in [-0.05, 0) is 89.1 Å². The number of halogens is 2. The summed E-state index contributed by atoms with van der Waals surface area (Å²) in [6.45, 7) is 1.91. The van der Waals surface area contributed by atoms with E-state index in [4.69, 9.17) is 11.6 Å². The third-order valence-electron chi connectivity index (χ3n) is 5.29. The zero-order valence-corrected chi connectivity index (χ0v) is 22.8. The zero-order valence-electron chi connectivity index (χ0n) is 19.6. The Labute approximate surface area is 231 Å². The topological polar surface area (TPSA) is 85.1 Å². The molecule has 2 aromatic carbocycles. The summed E-state index contributed by atoms with van der Waals surface area (Å²) in [6.07, 6.45) is 3.22. The van der Waals surface area contributed by atoms with E-state index in [9.17, 15) is 4.79 Å². The molecule has 10 heteroatoms. The molecule has 0 amide bonds. The summed E-state index contributed by atoms with van der Waals surface area (Å²) in [4.78, 5) is 26.0. The molecule has 0 spiro atoms. The highest BCUT2D eigenvalue weighted by Gasteiger charge is 2.12. The molecular formula is C27H20BrClN6OS. The van der Waals surface area contributed by atoms with Crippen LogP contribution >= 0.6 is 39.3 Å². The molecule has 0 saturated heterocycles. The first-order chi connectivity index (χ1) is 17.9. The number of thioether (sulfide) groups is 1. The number of aromatic nitrogens is 5. The Hall–Kier alpha value is -3.53. The molecule has 7 nitrogen and oxygen atoms in total. The van der Waals surface area contributed by atoms with Gasteiger partial charge >= 0.3 is 0 Å². The van der Waals surface area contributed by atoms with Crippen LogP contribution in [0.4, 0.5) is 11.5 Å². The lowest BCUT2D eigenvalue weighted by Crippen LogP contribution is -2.03. The fraction of sp³-hybridized carbons (Fsp3) is 0.0741. The van der Waals surface area contributed by atoms with Crippen LogP contribution in [-0.2, 0) is 5.75 Å². The van der Waals surface area contributed by atoms with Gasteiger partial charge in [-0.15, -0.1) is 5.10 Å². The molecule has 0 aliphatic carbocycles. The number of nitrogens with one attached hydrogen (secondary N) is 1. The SMILES string of the molecule is Cc1cc(Nc2ccc(C(=O)/C=C/c3cccc(Br)n3)cc2)n2nc(SCc3ccc(Cl)cc3)nc2n1. The van der Waals surface area contributed by atoms with Crippen molar-refractivity contribution in [1.29, 1.82) is 0 Å². The number of hydrogen-bond donors (Lipinski definition) is 1. The van der Waals surface area contributed by atoms with E-state index in [1.54, 1.807) is 22.7 Å². The molecule has 5 rings (SSSR count). The van der Waals surface area contributed by atoms with Crippen LogP contribution in [0.3, 0.4) is 0 Å². The number of fused-ring (bicyclic) bond motifs is 1. The van der Waals surface area contributed by atoms with Crippen molar-refractivity contribution in [2.75, 3.05) is 5.32 Å². The lowest BCUT2D eigenvalue weighted by molar-refractivity contribution is 0.104. The molecule has 3 heterocycles. The molecule has 37 heavy (non-hydrogen) atoms. The molecular weight excluding hydrogens is 572 g/mol. The summed E-state index contributed by atoms with van der Waals surface area (Å²) in [5.74, 6) is 1.86. The Balaban J connectivity index is 1.29. The van der Waals surface area contributed by atoms with Crippen molar-refractivity contribution >= 4 is 68.4 Å². The lowest BCUT2D eigenvalue weighted by atomic mass is 10.1. The van der Waals surface area contributed by atoms with E-state index in [1.807, 2.05) is 67.6 Å². The maximum Gasteiger partial charge on any atom is 0.255 e. The van der Waals surface area contributed by atoms with Crippen molar-refractivity contribution in [2.45, 2.75) is 17.8 Å². The fourth-order valence-electron chi connectivity index (χ4n) is 3.49. The first kappa shape index (κ1) is 25.1. The molecule has 3 aromatic heterocycles. The largest absolute Gasteiger partial charge is 0.340 e. The van der Waals surface area contributed by atoms with Crippen molar-refractivity contribution < 1.29 is 4.79 Å². The highest BCUT2D eigenvalue weighted by molar-refractivity contribution is 9.10. The highest BCUT2D eigenvalue weighted by Crippen LogP contribution is 2.24. The second kappa shape index (κ2) is 11.2. The molecule has 0 saturated carbocycles. The smallest absolute Gasteiger partial charge is 0.255 e. The quantitative estimate of drug-likeness (QED) is 0.0886. The van der Waals surface area contributed by atoms with Crippen LogP contribution in [0.2, 0.25) is 5.02 Å². The minimum Gasteiger partial charge on any atom is -0.340 e. The van der Waals surface area contributed by atoms with Crippen LogP contribution in [0.5, 0.6) is 0 Å². The van der Waals surface area contributed by atoms with Gasteiger partial charge in [0.15, 0.2) is 5.78 Å². The van der Waals surface area contributed by atoms with Crippen LogP contribution in [-0.4, -0.2) is 30.3 Å². The number of benzene rings is 2. The summed E-state index contributed by atoms with van der Waals surface area (Å²) in [7, 11) is 0. The fourth-order valence-corrected chi connectivity index (χ4v) is 4.74. The van der Waals surface area contributed by atoms with Gasteiger partial charge in [-0.25, -0.2) is 9.97 Å². The van der Waals surface area contributed by atoms with Gasteiger partial charge in [0, 0.05) is 33.8 Å². The first-order valence-electron chi connectivity index (χ1n) is 11.3. The van der Waals surface area contributed by atoms with Crippen LogP contribution in [0, 0.1) is 6.92 Å². The third kappa shape index (κ3) is 6.43. The van der Waals surface area contributed by atoms with E-state index in [2.05, 4.69) is 41.3 Å². The van der Waals surface area contributed by atoms with Crippen molar-refractivity contribution in [1.82, 2.24) is 24.6 Å². The van der Waals surface area contributed by atoms with E-state index >= 15 is 0 Å². The van der Waals surface area contributed by atoms with Crippen LogP contribution < -0.4 is 5.32 Å². The number of pyridine rings is 1. The Morgan fingerprint density at radius 2 is 1.84 bits per heavy atom. The zero-order chi connectivity index (χ0) is 25.8. The molecule has 0 bridgehead atoms. The number of carbonyl (C=O) groups is 1. The second-order valence-corrected chi connectivity index (χ2v) is 10.3. The summed E-state index contributed by atoms with van der Waals surface area (Å²) < 4.78 is 2.40. The molecule has 5 aromatic rings. The number of ketones is 1. The van der Waals surface area contributed by atoms with E-state index in [0.717, 1.165) is 33.1 Å². The Kier molecular flexibility index (Phi) is 7.64. The number of anilines is 2. The average molecular weight is 592 g/mol. The standard InChI is InChI=1S/C27H20BrClN6OS/c1-17-15-25(35-26(30-17)33-27(34-35)37-16-18-5-9-20(29)10-6-18)32-22-11-7-19(8-12-22)23(36)14-13-21-3-2-4-24(28)31-21/h2-15,32H,16H2,1H3/b14-13+. The Morgan fingerprint density at radius 3 is 2.59 bits per heavy atom. The maximum atomic E-state index is 12.6. The Bertz CT molecular complexity index is 1600. The van der Waals surface area contributed by atoms with Crippen molar-refractivity contribution in [3.63, 3.8) is 0 Å². The molecule has 0 aliphatic rings. The molecule has 0 unspecified atom stereocenters. The number of carbonyl (C=O) groups excluding carboxylic acids is 1. The predicted molar refractivity (Wildman–Crippen MR) is 152 cm³/mol. The normalized spacial score (nSPS) is 11.3. The molecule has 0 atom stereocenters. The number of nitrogens with zero attached hydrogens (tertiary/aromatic N) is 5. The van der Waals surface area contributed by atoms with Gasteiger partial charge in [-0.1, -0.05) is 41.6 Å². The number of allylic oxidation sites excluding steroid dienone is 1. The van der Waals surface area contributed by atoms with Gasteiger partial charge in [0.25, 0.3) is 5.78 Å². The van der Waals surface area contributed by atoms with Gasteiger partial charge in [-0.3, -0.25) is 4.79 Å². The van der Waals surface area contributed by atoms with Gasteiger partial charge in [0.2, 0.25) is 5.16 Å². The molecule has 0 aliphatic heterocycles. The Morgan fingerprint density at radius 1 is 1.05 bits per heavy atom. The maximum absolute atomic E-state index is 12.6. The van der Waals surface area contributed by atoms with Gasteiger partial charge in [0.1, 0.15) is 10.4 Å². The van der Waals surface area contributed by atoms with Crippen molar-refractivity contribution in [2.24, 2.45) is 0 Å². The van der Waals surface area contributed by atoms with E-state index < -0.39 is 0 Å².